The Labute approximate surface area is 125 Å². The number of benzene rings is 1. The Morgan fingerprint density at radius 1 is 1.00 bits per heavy atom. The van der Waals surface area contributed by atoms with Gasteiger partial charge in [-0.3, -0.25) is 4.98 Å². The molecule has 0 saturated heterocycles. The number of aromatic nitrogens is 1. The monoisotopic (exact) mass is 287 g/mol. The number of aliphatic hydroxyl groups is 1. The van der Waals surface area contributed by atoms with Crippen molar-refractivity contribution in [3.63, 3.8) is 0 Å². The quantitative estimate of drug-likeness (QED) is 0.886. The third-order valence-corrected chi connectivity index (χ3v) is 3.13. The van der Waals surface area contributed by atoms with Crippen LogP contribution in [0.15, 0.2) is 36.5 Å². The van der Waals surface area contributed by atoms with Crippen molar-refractivity contribution in [2.45, 2.75) is 26.9 Å². The van der Waals surface area contributed by atoms with Gasteiger partial charge in [0.25, 0.3) is 0 Å². The molecule has 0 saturated carbocycles. The van der Waals surface area contributed by atoms with Crippen LogP contribution in [0, 0.1) is 6.92 Å². The molecule has 21 heavy (non-hydrogen) atoms. The first kappa shape index (κ1) is 15.3. The molecular formula is C17H21NO3. The number of pyridine rings is 1. The Balaban J connectivity index is 2.30. The van der Waals surface area contributed by atoms with E-state index in [1.807, 2.05) is 51.1 Å². The van der Waals surface area contributed by atoms with Crippen LogP contribution in [0.1, 0.15) is 36.8 Å². The fourth-order valence-electron chi connectivity index (χ4n) is 2.07. The van der Waals surface area contributed by atoms with E-state index in [4.69, 9.17) is 9.47 Å². The molecule has 4 heteroatoms. The zero-order valence-electron chi connectivity index (χ0n) is 12.7. The predicted molar refractivity (Wildman–Crippen MR) is 81.8 cm³/mol. The molecule has 0 spiro atoms. The van der Waals surface area contributed by atoms with Crippen LogP contribution < -0.4 is 9.47 Å². The van der Waals surface area contributed by atoms with E-state index in [1.165, 1.54) is 0 Å². The average molecular weight is 287 g/mol. The molecule has 1 atom stereocenters. The normalized spacial score (nSPS) is 12.0. The van der Waals surface area contributed by atoms with E-state index in [1.54, 1.807) is 6.20 Å². The summed E-state index contributed by atoms with van der Waals surface area (Å²) < 4.78 is 11.1. The second kappa shape index (κ2) is 7.09. The van der Waals surface area contributed by atoms with Crippen LogP contribution in [0.3, 0.4) is 0 Å². The van der Waals surface area contributed by atoms with E-state index in [0.717, 1.165) is 16.8 Å². The van der Waals surface area contributed by atoms with E-state index < -0.39 is 6.10 Å². The fourth-order valence-corrected chi connectivity index (χ4v) is 2.07. The largest absolute Gasteiger partial charge is 0.490 e. The number of ether oxygens (including phenoxy) is 2. The zero-order valence-corrected chi connectivity index (χ0v) is 12.7. The lowest BCUT2D eigenvalue weighted by atomic mass is 10.0. The minimum atomic E-state index is -0.729. The van der Waals surface area contributed by atoms with Gasteiger partial charge in [0.15, 0.2) is 11.5 Å². The van der Waals surface area contributed by atoms with Crippen molar-refractivity contribution in [3.05, 3.63) is 53.3 Å². The van der Waals surface area contributed by atoms with Crippen LogP contribution >= 0.6 is 0 Å². The van der Waals surface area contributed by atoms with Crippen LogP contribution in [0.2, 0.25) is 0 Å². The molecule has 4 nitrogen and oxygen atoms in total. The highest BCUT2D eigenvalue weighted by Crippen LogP contribution is 2.32. The minimum absolute atomic E-state index is 0.547. The topological polar surface area (TPSA) is 51.6 Å². The van der Waals surface area contributed by atoms with E-state index in [9.17, 15) is 5.11 Å². The molecule has 0 aliphatic carbocycles. The average Bonchev–Trinajstić information content (AvgIpc) is 2.49. The highest BCUT2D eigenvalue weighted by molar-refractivity contribution is 5.45. The molecule has 1 aromatic heterocycles. The van der Waals surface area contributed by atoms with E-state index in [-0.39, 0.29) is 0 Å². The molecular weight excluding hydrogens is 266 g/mol. The molecule has 1 unspecified atom stereocenters. The number of hydrogen-bond acceptors (Lipinski definition) is 4. The third-order valence-electron chi connectivity index (χ3n) is 3.13. The van der Waals surface area contributed by atoms with Gasteiger partial charge in [-0.2, -0.15) is 0 Å². The van der Waals surface area contributed by atoms with Gasteiger partial charge < -0.3 is 14.6 Å². The second-order valence-electron chi connectivity index (χ2n) is 4.71. The molecule has 1 aromatic carbocycles. The van der Waals surface area contributed by atoms with Gasteiger partial charge in [-0.1, -0.05) is 12.1 Å². The first-order chi connectivity index (χ1) is 10.2. The molecule has 0 fully saturated rings. The standard InChI is InChI=1S/C17H21NO3/c1-4-20-15-9-8-13(10-16(15)21-5-2)17(19)14-7-6-12(3)18-11-14/h6-11,17,19H,4-5H2,1-3H3. The van der Waals surface area contributed by atoms with Crippen molar-refractivity contribution in [1.82, 2.24) is 4.98 Å². The summed E-state index contributed by atoms with van der Waals surface area (Å²) in [6, 6.07) is 9.26. The van der Waals surface area contributed by atoms with Gasteiger partial charge >= 0.3 is 0 Å². The van der Waals surface area contributed by atoms with Crippen LogP contribution in [0.4, 0.5) is 0 Å². The van der Waals surface area contributed by atoms with E-state index in [0.29, 0.717) is 24.7 Å². The summed E-state index contributed by atoms with van der Waals surface area (Å²) in [6.07, 6.45) is 0.963. The summed E-state index contributed by atoms with van der Waals surface area (Å²) in [5.41, 5.74) is 2.44. The van der Waals surface area contributed by atoms with Crippen molar-refractivity contribution >= 4 is 0 Å². The number of aliphatic hydroxyl groups excluding tert-OH is 1. The van der Waals surface area contributed by atoms with Crippen molar-refractivity contribution in [2.75, 3.05) is 13.2 Å². The first-order valence-corrected chi connectivity index (χ1v) is 7.15. The lowest BCUT2D eigenvalue weighted by molar-refractivity contribution is 0.218. The van der Waals surface area contributed by atoms with Crippen LogP contribution in [0.5, 0.6) is 11.5 Å². The Kier molecular flexibility index (Phi) is 5.17. The summed E-state index contributed by atoms with van der Waals surface area (Å²) in [6.45, 7) is 6.88. The molecule has 0 amide bonds. The lowest BCUT2D eigenvalue weighted by Gasteiger charge is -2.16. The van der Waals surface area contributed by atoms with Crippen LogP contribution in [-0.4, -0.2) is 23.3 Å². The number of hydrogen-bond donors (Lipinski definition) is 1. The third kappa shape index (κ3) is 3.73. The first-order valence-electron chi connectivity index (χ1n) is 7.15. The van der Waals surface area contributed by atoms with Gasteiger partial charge in [-0.25, -0.2) is 0 Å². The molecule has 1 heterocycles. The molecule has 2 rings (SSSR count). The highest BCUT2D eigenvalue weighted by atomic mass is 16.5. The van der Waals surface area contributed by atoms with Gasteiger partial charge in [0.2, 0.25) is 0 Å². The molecule has 0 aliphatic rings. The maximum Gasteiger partial charge on any atom is 0.161 e. The molecule has 0 radical (unpaired) electrons. The molecule has 0 aliphatic heterocycles. The zero-order chi connectivity index (χ0) is 15.2. The van der Waals surface area contributed by atoms with Gasteiger partial charge in [0.1, 0.15) is 6.10 Å². The van der Waals surface area contributed by atoms with E-state index in [2.05, 4.69) is 4.98 Å². The summed E-state index contributed by atoms with van der Waals surface area (Å²) >= 11 is 0. The summed E-state index contributed by atoms with van der Waals surface area (Å²) in [5.74, 6) is 1.34. The predicted octanol–water partition coefficient (Wildman–Crippen LogP) is 3.27. The summed E-state index contributed by atoms with van der Waals surface area (Å²) in [7, 11) is 0. The summed E-state index contributed by atoms with van der Waals surface area (Å²) in [4.78, 5) is 4.22. The Bertz CT molecular complexity index is 581. The van der Waals surface area contributed by atoms with Crippen molar-refractivity contribution in [3.8, 4) is 11.5 Å². The number of nitrogens with zero attached hydrogens (tertiary/aromatic N) is 1. The number of aryl methyl sites for hydroxylation is 1. The molecule has 112 valence electrons. The molecule has 2 aromatic rings. The Hall–Kier alpha value is -2.07. The smallest absolute Gasteiger partial charge is 0.161 e. The number of rotatable bonds is 6. The van der Waals surface area contributed by atoms with Crippen molar-refractivity contribution < 1.29 is 14.6 Å². The fraction of sp³-hybridized carbons (Fsp3) is 0.353. The van der Waals surface area contributed by atoms with Crippen LogP contribution in [-0.2, 0) is 0 Å². The minimum Gasteiger partial charge on any atom is -0.490 e. The maximum atomic E-state index is 10.5. The van der Waals surface area contributed by atoms with Crippen molar-refractivity contribution in [2.24, 2.45) is 0 Å². The Morgan fingerprint density at radius 2 is 1.67 bits per heavy atom. The highest BCUT2D eigenvalue weighted by Gasteiger charge is 2.14. The Morgan fingerprint density at radius 3 is 2.29 bits per heavy atom. The van der Waals surface area contributed by atoms with Crippen molar-refractivity contribution in [1.29, 1.82) is 0 Å². The lowest BCUT2D eigenvalue weighted by Crippen LogP contribution is -2.03. The van der Waals surface area contributed by atoms with E-state index >= 15 is 0 Å². The van der Waals surface area contributed by atoms with Gasteiger partial charge in [-0.05, 0) is 44.5 Å². The molecule has 0 bridgehead atoms. The second-order valence-corrected chi connectivity index (χ2v) is 4.71. The van der Waals surface area contributed by atoms with Gasteiger partial charge in [0.05, 0.1) is 13.2 Å². The molecule has 1 N–H and O–H groups in total. The summed E-state index contributed by atoms with van der Waals surface area (Å²) in [5, 5.41) is 10.5. The van der Waals surface area contributed by atoms with Gasteiger partial charge in [0, 0.05) is 17.5 Å². The van der Waals surface area contributed by atoms with Crippen LogP contribution in [0.25, 0.3) is 0 Å². The maximum absolute atomic E-state index is 10.5. The SMILES string of the molecule is CCOc1ccc(C(O)c2ccc(C)nc2)cc1OCC. The van der Waals surface area contributed by atoms with Gasteiger partial charge in [-0.15, -0.1) is 0 Å².